The van der Waals surface area contributed by atoms with Crippen LogP contribution in [0.5, 0.6) is 11.5 Å². The number of methoxy groups -OCH3 is 2. The molecule has 2 aromatic rings. The van der Waals surface area contributed by atoms with E-state index in [4.69, 9.17) is 9.47 Å². The van der Waals surface area contributed by atoms with E-state index in [0.717, 1.165) is 34.8 Å². The molecule has 0 saturated heterocycles. The number of hydrogen-bond donors (Lipinski definition) is 1. The van der Waals surface area contributed by atoms with E-state index in [1.54, 1.807) is 14.2 Å². The Balaban J connectivity index is 2.41. The normalized spacial score (nSPS) is 10.4. The second kappa shape index (κ2) is 8.19. The molecule has 0 radical (unpaired) electrons. The minimum Gasteiger partial charge on any atom is -0.497 e. The number of aromatic nitrogens is 2. The summed E-state index contributed by atoms with van der Waals surface area (Å²) in [6.45, 7) is 7.96. The fourth-order valence-electron chi connectivity index (χ4n) is 2.39. The third-order valence-electron chi connectivity index (χ3n) is 3.65. The van der Waals surface area contributed by atoms with Crippen molar-refractivity contribution in [2.75, 3.05) is 37.5 Å². The van der Waals surface area contributed by atoms with E-state index in [-0.39, 0.29) is 0 Å². The van der Waals surface area contributed by atoms with Crippen molar-refractivity contribution >= 4 is 33.4 Å². The Hall–Kier alpha value is -2.02. The van der Waals surface area contributed by atoms with Gasteiger partial charge in [0.1, 0.15) is 17.3 Å². The van der Waals surface area contributed by atoms with Gasteiger partial charge in [0, 0.05) is 35.4 Å². The van der Waals surface area contributed by atoms with Crippen molar-refractivity contribution in [3.05, 3.63) is 28.4 Å². The Kier molecular flexibility index (Phi) is 6.25. The summed E-state index contributed by atoms with van der Waals surface area (Å²) in [5.74, 6) is 2.79. The van der Waals surface area contributed by atoms with Gasteiger partial charge in [-0.1, -0.05) is 0 Å². The lowest BCUT2D eigenvalue weighted by Gasteiger charge is -2.21. The molecule has 1 aromatic heterocycles. The Morgan fingerprint density at radius 1 is 1.08 bits per heavy atom. The van der Waals surface area contributed by atoms with Gasteiger partial charge in [-0.3, -0.25) is 0 Å². The molecule has 0 fully saturated rings. The van der Waals surface area contributed by atoms with Crippen LogP contribution in [-0.4, -0.2) is 37.3 Å². The molecule has 7 heteroatoms. The van der Waals surface area contributed by atoms with Crippen LogP contribution in [0.1, 0.15) is 19.5 Å². The van der Waals surface area contributed by atoms with Crippen LogP contribution in [0, 0.1) is 6.92 Å². The van der Waals surface area contributed by atoms with Gasteiger partial charge in [0.15, 0.2) is 0 Å². The minimum absolute atomic E-state index is 0.529. The Morgan fingerprint density at radius 2 is 1.79 bits per heavy atom. The lowest BCUT2D eigenvalue weighted by atomic mass is 10.2. The van der Waals surface area contributed by atoms with Crippen LogP contribution in [-0.2, 0) is 0 Å². The van der Waals surface area contributed by atoms with Crippen LogP contribution < -0.4 is 19.7 Å². The summed E-state index contributed by atoms with van der Waals surface area (Å²) < 4.78 is 11.5. The van der Waals surface area contributed by atoms with Gasteiger partial charge in [0.05, 0.1) is 19.9 Å². The lowest BCUT2D eigenvalue weighted by molar-refractivity contribution is 0.395. The molecular formula is C17H23BrN4O2. The van der Waals surface area contributed by atoms with Crippen LogP contribution in [0.3, 0.4) is 0 Å². The number of halogens is 1. The maximum atomic E-state index is 5.45. The minimum atomic E-state index is 0.529. The Bertz CT molecular complexity index is 705. The van der Waals surface area contributed by atoms with Crippen LogP contribution >= 0.6 is 15.9 Å². The molecule has 24 heavy (non-hydrogen) atoms. The summed E-state index contributed by atoms with van der Waals surface area (Å²) in [5.41, 5.74) is 1.66. The zero-order valence-corrected chi connectivity index (χ0v) is 16.3. The van der Waals surface area contributed by atoms with E-state index in [9.17, 15) is 0 Å². The molecule has 0 amide bonds. The van der Waals surface area contributed by atoms with Crippen molar-refractivity contribution in [1.29, 1.82) is 0 Å². The quantitative estimate of drug-likeness (QED) is 0.760. The number of nitrogens with zero attached hydrogens (tertiary/aromatic N) is 3. The van der Waals surface area contributed by atoms with E-state index >= 15 is 0 Å². The zero-order valence-electron chi connectivity index (χ0n) is 14.7. The summed E-state index contributed by atoms with van der Waals surface area (Å²) in [6.07, 6.45) is 0. The number of benzene rings is 1. The van der Waals surface area contributed by atoms with Crippen molar-refractivity contribution in [2.45, 2.75) is 20.8 Å². The average molecular weight is 395 g/mol. The second-order valence-corrected chi connectivity index (χ2v) is 6.03. The fraction of sp³-hybridized carbons (Fsp3) is 0.412. The van der Waals surface area contributed by atoms with Crippen molar-refractivity contribution in [3.63, 3.8) is 0 Å². The molecule has 0 atom stereocenters. The van der Waals surface area contributed by atoms with Gasteiger partial charge < -0.3 is 19.7 Å². The number of ether oxygens (including phenoxy) is 2. The third kappa shape index (κ3) is 4.08. The fourth-order valence-corrected chi connectivity index (χ4v) is 2.91. The highest BCUT2D eigenvalue weighted by Crippen LogP contribution is 2.38. The molecule has 0 unspecified atom stereocenters. The standard InChI is InChI=1S/C17H23BrN4O2/c1-6-22(7-2)15-8-11(3)19-17(20-15)21-16-13(18)9-12(23-4)10-14(16)24-5/h8-10H,6-7H2,1-5H3,(H,19,20,21). The van der Waals surface area contributed by atoms with E-state index in [0.29, 0.717) is 17.4 Å². The van der Waals surface area contributed by atoms with Crippen molar-refractivity contribution in [1.82, 2.24) is 9.97 Å². The molecule has 1 N–H and O–H groups in total. The first-order valence-electron chi connectivity index (χ1n) is 7.81. The van der Waals surface area contributed by atoms with Gasteiger partial charge in [-0.2, -0.15) is 4.98 Å². The van der Waals surface area contributed by atoms with Crippen molar-refractivity contribution < 1.29 is 9.47 Å². The average Bonchev–Trinajstić information content (AvgIpc) is 2.57. The van der Waals surface area contributed by atoms with Crippen LogP contribution in [0.4, 0.5) is 17.5 Å². The Labute approximate surface area is 151 Å². The number of aryl methyl sites for hydroxylation is 1. The summed E-state index contributed by atoms with van der Waals surface area (Å²) in [6, 6.07) is 5.67. The highest BCUT2D eigenvalue weighted by molar-refractivity contribution is 9.10. The second-order valence-electron chi connectivity index (χ2n) is 5.17. The number of rotatable bonds is 7. The zero-order chi connectivity index (χ0) is 17.7. The smallest absolute Gasteiger partial charge is 0.229 e. The first-order valence-corrected chi connectivity index (χ1v) is 8.60. The summed E-state index contributed by atoms with van der Waals surface area (Å²) in [5, 5.41) is 3.25. The van der Waals surface area contributed by atoms with Crippen molar-refractivity contribution in [3.8, 4) is 11.5 Å². The molecule has 0 aliphatic carbocycles. The lowest BCUT2D eigenvalue weighted by Crippen LogP contribution is -2.23. The van der Waals surface area contributed by atoms with E-state index in [1.807, 2.05) is 25.1 Å². The first kappa shape index (κ1) is 18.3. The monoisotopic (exact) mass is 394 g/mol. The van der Waals surface area contributed by atoms with E-state index < -0.39 is 0 Å². The van der Waals surface area contributed by atoms with Crippen LogP contribution in [0.2, 0.25) is 0 Å². The molecule has 130 valence electrons. The SMILES string of the molecule is CCN(CC)c1cc(C)nc(Nc2c(Br)cc(OC)cc2OC)n1. The van der Waals surface area contributed by atoms with Crippen LogP contribution in [0.25, 0.3) is 0 Å². The Morgan fingerprint density at radius 3 is 2.38 bits per heavy atom. The third-order valence-corrected chi connectivity index (χ3v) is 4.27. The highest BCUT2D eigenvalue weighted by atomic mass is 79.9. The number of anilines is 3. The van der Waals surface area contributed by atoms with Gasteiger partial charge in [-0.15, -0.1) is 0 Å². The van der Waals surface area contributed by atoms with Gasteiger partial charge in [-0.05, 0) is 42.8 Å². The molecule has 2 rings (SSSR count). The molecule has 6 nitrogen and oxygen atoms in total. The van der Waals surface area contributed by atoms with E-state index in [1.165, 1.54) is 0 Å². The maximum Gasteiger partial charge on any atom is 0.229 e. The molecule has 0 spiro atoms. The van der Waals surface area contributed by atoms with Gasteiger partial charge in [-0.25, -0.2) is 4.98 Å². The maximum absolute atomic E-state index is 5.45. The highest BCUT2D eigenvalue weighted by Gasteiger charge is 2.14. The summed E-state index contributed by atoms with van der Waals surface area (Å²) in [4.78, 5) is 11.3. The molecule has 0 bridgehead atoms. The molecule has 1 aromatic carbocycles. The number of hydrogen-bond acceptors (Lipinski definition) is 6. The van der Waals surface area contributed by atoms with Gasteiger partial charge in [0.25, 0.3) is 0 Å². The topological polar surface area (TPSA) is 59.5 Å². The molecule has 0 aliphatic rings. The van der Waals surface area contributed by atoms with Crippen molar-refractivity contribution in [2.24, 2.45) is 0 Å². The summed E-state index contributed by atoms with van der Waals surface area (Å²) in [7, 11) is 3.24. The molecule has 0 aliphatic heterocycles. The molecular weight excluding hydrogens is 372 g/mol. The van der Waals surface area contributed by atoms with E-state index in [2.05, 4.69) is 50.0 Å². The summed E-state index contributed by atoms with van der Waals surface area (Å²) >= 11 is 3.54. The van der Waals surface area contributed by atoms with Crippen LogP contribution in [0.15, 0.2) is 22.7 Å². The van der Waals surface area contributed by atoms with Gasteiger partial charge >= 0.3 is 0 Å². The first-order chi connectivity index (χ1) is 11.5. The molecule has 0 saturated carbocycles. The number of nitrogens with one attached hydrogen (secondary N) is 1. The predicted octanol–water partition coefficient (Wildman–Crippen LogP) is 4.15. The molecule has 1 heterocycles. The predicted molar refractivity (Wildman–Crippen MR) is 101 cm³/mol. The largest absolute Gasteiger partial charge is 0.497 e. The van der Waals surface area contributed by atoms with Gasteiger partial charge in [0.2, 0.25) is 5.95 Å².